The van der Waals surface area contributed by atoms with E-state index < -0.39 is 0 Å². The van der Waals surface area contributed by atoms with Gasteiger partial charge in [0.05, 0.1) is 5.60 Å². The lowest BCUT2D eigenvalue weighted by Crippen LogP contribution is -2.24. The zero-order chi connectivity index (χ0) is 16.4. The second kappa shape index (κ2) is 10.1. The molecule has 124 valence electrons. The van der Waals surface area contributed by atoms with Crippen molar-refractivity contribution >= 4 is 11.8 Å². The van der Waals surface area contributed by atoms with Crippen LogP contribution in [0.2, 0.25) is 0 Å². The van der Waals surface area contributed by atoms with Gasteiger partial charge in [-0.1, -0.05) is 30.7 Å². The fraction of sp³-hybridized carbons (Fsp3) is 0.600. The topological polar surface area (TPSA) is 9.23 Å². The van der Waals surface area contributed by atoms with Crippen LogP contribution in [0.1, 0.15) is 59.4 Å². The van der Waals surface area contributed by atoms with Crippen LogP contribution in [0.5, 0.6) is 0 Å². The van der Waals surface area contributed by atoms with Crippen LogP contribution in [0.25, 0.3) is 0 Å². The Morgan fingerprint density at radius 1 is 1.18 bits per heavy atom. The van der Waals surface area contributed by atoms with E-state index in [1.807, 2.05) is 11.8 Å². The molecule has 0 atom stereocenters. The quantitative estimate of drug-likeness (QED) is 0.371. The molecule has 0 unspecified atom stereocenters. The summed E-state index contributed by atoms with van der Waals surface area (Å²) in [4.78, 5) is 1.36. The van der Waals surface area contributed by atoms with Gasteiger partial charge in [0.2, 0.25) is 0 Å². The van der Waals surface area contributed by atoms with E-state index in [0.717, 1.165) is 25.2 Å². The number of hydrogen-bond acceptors (Lipinski definition) is 2. The van der Waals surface area contributed by atoms with E-state index in [-0.39, 0.29) is 5.60 Å². The monoisotopic (exact) mass is 320 g/mol. The first-order valence-electron chi connectivity index (χ1n) is 8.48. The maximum atomic E-state index is 5.75. The normalized spacial score (nSPS) is 12.7. The molecule has 0 N–H and O–H groups in total. The molecule has 0 bridgehead atoms. The maximum Gasteiger partial charge on any atom is 0.0626 e. The zero-order valence-corrected chi connectivity index (χ0v) is 15.8. The predicted molar refractivity (Wildman–Crippen MR) is 99.9 cm³/mol. The van der Waals surface area contributed by atoms with Gasteiger partial charge in [-0.3, -0.25) is 0 Å². The Morgan fingerprint density at radius 3 is 2.45 bits per heavy atom. The van der Waals surface area contributed by atoms with Crippen molar-refractivity contribution < 1.29 is 4.74 Å². The van der Waals surface area contributed by atoms with Crippen LogP contribution in [-0.2, 0) is 11.2 Å². The molecule has 0 radical (unpaired) electrons. The molecular weight excluding hydrogens is 288 g/mol. The molecule has 1 nitrogen and oxygen atoms in total. The van der Waals surface area contributed by atoms with Crippen LogP contribution >= 0.6 is 11.8 Å². The van der Waals surface area contributed by atoms with Crippen molar-refractivity contribution in [3.8, 4) is 0 Å². The van der Waals surface area contributed by atoms with Gasteiger partial charge in [-0.2, -0.15) is 0 Å². The Bertz CT molecular complexity index is 445. The highest BCUT2D eigenvalue weighted by Crippen LogP contribution is 2.22. The van der Waals surface area contributed by atoms with E-state index in [1.165, 1.54) is 28.9 Å². The third-order valence-corrected chi connectivity index (χ3v) is 4.84. The predicted octanol–water partition coefficient (Wildman–Crippen LogP) is 6.27. The molecule has 0 saturated carbocycles. The zero-order valence-electron chi connectivity index (χ0n) is 14.9. The van der Waals surface area contributed by atoms with E-state index >= 15 is 0 Å². The van der Waals surface area contributed by atoms with Crippen LogP contribution in [0.15, 0.2) is 40.8 Å². The van der Waals surface area contributed by atoms with Crippen molar-refractivity contribution in [1.29, 1.82) is 0 Å². The molecule has 0 aliphatic rings. The number of rotatable bonds is 10. The molecule has 1 aromatic rings. The standard InChI is InChI=1S/C20H32OS/c1-6-18-10-12-19(13-11-18)22-16-14-17(3)9-8-15-20(4,5)21-7-2/h10-14H,6-9,15-16H2,1-5H3/b17-14+. The molecule has 0 aliphatic heterocycles. The van der Waals surface area contributed by atoms with E-state index in [2.05, 4.69) is 65.0 Å². The summed E-state index contributed by atoms with van der Waals surface area (Å²) in [5.74, 6) is 1.06. The lowest BCUT2D eigenvalue weighted by atomic mass is 9.99. The van der Waals surface area contributed by atoms with Crippen molar-refractivity contribution in [3.63, 3.8) is 0 Å². The van der Waals surface area contributed by atoms with Gasteiger partial charge in [-0.05, 0) is 71.1 Å². The van der Waals surface area contributed by atoms with Gasteiger partial charge in [-0.15, -0.1) is 11.8 Å². The summed E-state index contributed by atoms with van der Waals surface area (Å²) < 4.78 is 5.75. The fourth-order valence-corrected chi connectivity index (χ4v) is 3.35. The number of aryl methyl sites for hydroxylation is 1. The number of allylic oxidation sites excluding steroid dienone is 1. The molecule has 0 heterocycles. The number of benzene rings is 1. The van der Waals surface area contributed by atoms with E-state index in [4.69, 9.17) is 4.74 Å². The van der Waals surface area contributed by atoms with Crippen molar-refractivity contribution in [1.82, 2.24) is 0 Å². The highest BCUT2D eigenvalue weighted by Gasteiger charge is 2.16. The average Bonchev–Trinajstić information content (AvgIpc) is 2.47. The molecule has 0 aliphatic carbocycles. The smallest absolute Gasteiger partial charge is 0.0626 e. The Kier molecular flexibility index (Phi) is 8.89. The van der Waals surface area contributed by atoms with Crippen LogP contribution in [0.4, 0.5) is 0 Å². The Morgan fingerprint density at radius 2 is 1.86 bits per heavy atom. The van der Waals surface area contributed by atoms with Gasteiger partial charge in [0.1, 0.15) is 0 Å². The summed E-state index contributed by atoms with van der Waals surface area (Å²) in [7, 11) is 0. The van der Waals surface area contributed by atoms with Gasteiger partial charge < -0.3 is 4.74 Å². The summed E-state index contributed by atoms with van der Waals surface area (Å²) in [6.45, 7) is 11.7. The summed E-state index contributed by atoms with van der Waals surface area (Å²) in [6.07, 6.45) is 6.98. The van der Waals surface area contributed by atoms with Gasteiger partial charge >= 0.3 is 0 Å². The van der Waals surface area contributed by atoms with Crippen LogP contribution < -0.4 is 0 Å². The van der Waals surface area contributed by atoms with Gasteiger partial charge in [0, 0.05) is 17.3 Å². The van der Waals surface area contributed by atoms with Gasteiger partial charge in [0.15, 0.2) is 0 Å². The molecule has 1 rings (SSSR count). The molecule has 0 amide bonds. The lowest BCUT2D eigenvalue weighted by molar-refractivity contribution is -0.0173. The average molecular weight is 321 g/mol. The van der Waals surface area contributed by atoms with Crippen molar-refractivity contribution in [2.75, 3.05) is 12.4 Å². The summed E-state index contributed by atoms with van der Waals surface area (Å²) in [5, 5.41) is 0. The summed E-state index contributed by atoms with van der Waals surface area (Å²) in [6, 6.07) is 8.93. The second-order valence-corrected chi connectivity index (χ2v) is 7.50. The first kappa shape index (κ1) is 19.3. The third-order valence-electron chi connectivity index (χ3n) is 3.90. The summed E-state index contributed by atoms with van der Waals surface area (Å²) in [5.41, 5.74) is 2.92. The first-order valence-corrected chi connectivity index (χ1v) is 9.46. The van der Waals surface area contributed by atoms with E-state index in [0.29, 0.717) is 0 Å². The maximum absolute atomic E-state index is 5.75. The van der Waals surface area contributed by atoms with Crippen LogP contribution in [0.3, 0.4) is 0 Å². The third kappa shape index (κ3) is 8.05. The molecule has 2 heteroatoms. The first-order chi connectivity index (χ1) is 10.5. The molecule has 22 heavy (non-hydrogen) atoms. The molecule has 0 saturated heterocycles. The largest absolute Gasteiger partial charge is 0.376 e. The molecular formula is C20H32OS. The number of thioether (sulfide) groups is 1. The van der Waals surface area contributed by atoms with Gasteiger partial charge in [0.25, 0.3) is 0 Å². The lowest BCUT2D eigenvalue weighted by Gasteiger charge is -2.24. The molecule has 0 fully saturated rings. The number of ether oxygens (including phenoxy) is 1. The number of hydrogen-bond donors (Lipinski definition) is 0. The van der Waals surface area contributed by atoms with E-state index in [1.54, 1.807) is 0 Å². The van der Waals surface area contributed by atoms with Crippen molar-refractivity contribution in [2.24, 2.45) is 0 Å². The summed E-state index contributed by atoms with van der Waals surface area (Å²) >= 11 is 1.91. The van der Waals surface area contributed by atoms with Crippen molar-refractivity contribution in [3.05, 3.63) is 41.5 Å². The minimum Gasteiger partial charge on any atom is -0.376 e. The Balaban J connectivity index is 2.27. The molecule has 0 spiro atoms. The minimum absolute atomic E-state index is 0.0187. The highest BCUT2D eigenvalue weighted by molar-refractivity contribution is 7.99. The highest BCUT2D eigenvalue weighted by atomic mass is 32.2. The second-order valence-electron chi connectivity index (χ2n) is 6.41. The molecule has 0 aromatic heterocycles. The van der Waals surface area contributed by atoms with Gasteiger partial charge in [-0.25, -0.2) is 0 Å². The SMILES string of the molecule is CCOC(C)(C)CCC/C(C)=C/CSc1ccc(CC)cc1. The Hall–Kier alpha value is -0.730. The van der Waals surface area contributed by atoms with Crippen LogP contribution in [0, 0.1) is 0 Å². The fourth-order valence-electron chi connectivity index (χ4n) is 2.46. The Labute approximate surface area is 141 Å². The van der Waals surface area contributed by atoms with E-state index in [9.17, 15) is 0 Å². The van der Waals surface area contributed by atoms with Crippen LogP contribution in [-0.4, -0.2) is 18.0 Å². The minimum atomic E-state index is 0.0187. The molecule has 1 aromatic carbocycles. The van der Waals surface area contributed by atoms with Crippen molar-refractivity contribution in [2.45, 2.75) is 70.8 Å².